The molecule has 0 aromatic carbocycles. The minimum Gasteiger partial charge on any atom is -0.460 e. The molecule has 27 heavy (non-hydrogen) atoms. The Morgan fingerprint density at radius 2 is 2.07 bits per heavy atom. The smallest absolute Gasteiger partial charge is 0.433 e. The highest BCUT2D eigenvalue weighted by Gasteiger charge is 2.33. The molecule has 0 spiro atoms. The number of ether oxygens (including phenoxy) is 1. The first kappa shape index (κ1) is 19.6. The van der Waals surface area contributed by atoms with Crippen LogP contribution in [0, 0.1) is 6.92 Å². The predicted octanol–water partition coefficient (Wildman–Crippen LogP) is 4.18. The van der Waals surface area contributed by atoms with E-state index in [0.717, 1.165) is 36.7 Å². The van der Waals surface area contributed by atoms with Crippen molar-refractivity contribution in [3.8, 4) is 0 Å². The standard InChI is InChI=1S/C18H19F3N2O3S/c1-11-12-6-7-13(18(19,20)21)22-16(12)27-15(11)17(25)26-10-9-23-8-4-2-3-5-14(23)24/h6-7H,2-5,8-10H2,1H3. The number of likely N-dealkylation sites (tertiary alicyclic amines) is 1. The van der Waals surface area contributed by atoms with Crippen LogP contribution in [0.2, 0.25) is 0 Å². The van der Waals surface area contributed by atoms with Crippen molar-refractivity contribution in [1.29, 1.82) is 0 Å². The molecule has 3 heterocycles. The van der Waals surface area contributed by atoms with Crippen LogP contribution in [0.1, 0.15) is 46.6 Å². The molecule has 3 rings (SSSR count). The molecule has 1 aliphatic heterocycles. The molecule has 9 heteroatoms. The monoisotopic (exact) mass is 400 g/mol. The summed E-state index contributed by atoms with van der Waals surface area (Å²) in [5.41, 5.74) is -0.442. The van der Waals surface area contributed by atoms with Crippen molar-refractivity contribution < 1.29 is 27.5 Å². The van der Waals surface area contributed by atoms with E-state index in [-0.39, 0.29) is 22.2 Å². The zero-order valence-corrected chi connectivity index (χ0v) is 15.6. The van der Waals surface area contributed by atoms with E-state index in [0.29, 0.717) is 30.5 Å². The second-order valence-electron chi connectivity index (χ2n) is 6.43. The van der Waals surface area contributed by atoms with E-state index in [1.54, 1.807) is 11.8 Å². The Morgan fingerprint density at radius 3 is 2.81 bits per heavy atom. The molecular weight excluding hydrogens is 381 g/mol. The molecule has 0 unspecified atom stereocenters. The number of aromatic nitrogens is 1. The summed E-state index contributed by atoms with van der Waals surface area (Å²) >= 11 is 0.886. The third-order valence-corrected chi connectivity index (χ3v) is 5.73. The first-order chi connectivity index (χ1) is 12.8. The molecule has 0 atom stereocenters. The van der Waals surface area contributed by atoms with Gasteiger partial charge in [0.25, 0.3) is 0 Å². The Labute approximate surface area is 158 Å². The van der Waals surface area contributed by atoms with E-state index < -0.39 is 17.8 Å². The number of carbonyl (C=O) groups excluding carboxylic acids is 2. The van der Waals surface area contributed by atoms with Crippen molar-refractivity contribution in [2.45, 2.75) is 38.8 Å². The molecule has 5 nitrogen and oxygen atoms in total. The van der Waals surface area contributed by atoms with Crippen LogP contribution in [0.25, 0.3) is 10.2 Å². The van der Waals surface area contributed by atoms with E-state index >= 15 is 0 Å². The van der Waals surface area contributed by atoms with Gasteiger partial charge in [0.15, 0.2) is 0 Å². The number of alkyl halides is 3. The lowest BCUT2D eigenvalue weighted by Gasteiger charge is -2.20. The zero-order valence-electron chi connectivity index (χ0n) is 14.8. The fourth-order valence-corrected chi connectivity index (χ4v) is 4.11. The van der Waals surface area contributed by atoms with Crippen LogP contribution >= 0.6 is 11.3 Å². The topological polar surface area (TPSA) is 59.5 Å². The number of halogens is 3. The van der Waals surface area contributed by atoms with Crippen molar-refractivity contribution in [3.05, 3.63) is 28.3 Å². The lowest BCUT2D eigenvalue weighted by Crippen LogP contribution is -2.33. The Bertz CT molecular complexity index is 863. The second-order valence-corrected chi connectivity index (χ2v) is 7.43. The maximum absolute atomic E-state index is 12.8. The minimum atomic E-state index is -4.54. The van der Waals surface area contributed by atoms with E-state index in [2.05, 4.69) is 4.98 Å². The van der Waals surface area contributed by atoms with Gasteiger partial charge in [-0.1, -0.05) is 6.42 Å². The number of fused-ring (bicyclic) bond motifs is 1. The van der Waals surface area contributed by atoms with Gasteiger partial charge in [-0.3, -0.25) is 4.79 Å². The van der Waals surface area contributed by atoms with E-state index in [1.165, 1.54) is 6.07 Å². The van der Waals surface area contributed by atoms with E-state index in [1.807, 2.05) is 0 Å². The largest absolute Gasteiger partial charge is 0.460 e. The fourth-order valence-electron chi connectivity index (χ4n) is 3.04. The molecule has 0 N–H and O–H groups in total. The highest BCUT2D eigenvalue weighted by molar-refractivity contribution is 7.20. The Balaban J connectivity index is 1.68. The summed E-state index contributed by atoms with van der Waals surface area (Å²) in [6.07, 6.45) is -1.20. The van der Waals surface area contributed by atoms with Crippen molar-refractivity contribution in [3.63, 3.8) is 0 Å². The summed E-state index contributed by atoms with van der Waals surface area (Å²) in [7, 11) is 0. The number of esters is 1. The third kappa shape index (κ3) is 4.40. The summed E-state index contributed by atoms with van der Waals surface area (Å²) in [6.45, 7) is 2.69. The van der Waals surface area contributed by atoms with Gasteiger partial charge in [-0.15, -0.1) is 11.3 Å². The first-order valence-corrected chi connectivity index (χ1v) is 9.51. The molecular formula is C18H19F3N2O3S. The van der Waals surface area contributed by atoms with Gasteiger partial charge in [0.2, 0.25) is 5.91 Å². The molecule has 1 aliphatic rings. The van der Waals surface area contributed by atoms with Gasteiger partial charge in [-0.25, -0.2) is 9.78 Å². The molecule has 1 fully saturated rings. The molecule has 2 aromatic heterocycles. The summed E-state index contributed by atoms with van der Waals surface area (Å²) in [4.78, 5) is 30.0. The maximum Gasteiger partial charge on any atom is 0.433 e. The van der Waals surface area contributed by atoms with Crippen LogP contribution in [0.3, 0.4) is 0 Å². The average Bonchev–Trinajstić information content (AvgIpc) is 2.80. The van der Waals surface area contributed by atoms with Crippen molar-refractivity contribution in [1.82, 2.24) is 9.88 Å². The summed E-state index contributed by atoms with van der Waals surface area (Å²) < 4.78 is 43.7. The lowest BCUT2D eigenvalue weighted by molar-refractivity contribution is -0.141. The zero-order chi connectivity index (χ0) is 19.6. The number of nitrogens with zero attached hydrogens (tertiary/aromatic N) is 2. The molecule has 1 amide bonds. The quantitative estimate of drug-likeness (QED) is 0.723. The number of amides is 1. The van der Waals surface area contributed by atoms with Crippen molar-refractivity contribution in [2.24, 2.45) is 0 Å². The molecule has 0 aliphatic carbocycles. The van der Waals surface area contributed by atoms with Crippen LogP contribution in [0.5, 0.6) is 0 Å². The highest BCUT2D eigenvalue weighted by Crippen LogP contribution is 2.34. The normalized spacial score (nSPS) is 15.9. The number of pyridine rings is 1. The SMILES string of the molecule is Cc1c(C(=O)OCCN2CCCCCC2=O)sc2nc(C(F)(F)F)ccc12. The lowest BCUT2D eigenvalue weighted by atomic mass is 10.2. The molecule has 0 bridgehead atoms. The van der Waals surface area contributed by atoms with Crippen LogP contribution in [-0.2, 0) is 15.7 Å². The minimum absolute atomic E-state index is 0.0550. The Kier molecular flexibility index (Phi) is 5.69. The molecule has 1 saturated heterocycles. The van der Waals surface area contributed by atoms with Crippen LogP contribution < -0.4 is 0 Å². The third-order valence-electron chi connectivity index (χ3n) is 4.55. The highest BCUT2D eigenvalue weighted by atomic mass is 32.1. The molecule has 0 radical (unpaired) electrons. The summed E-state index contributed by atoms with van der Waals surface area (Å²) in [6, 6.07) is 2.23. The van der Waals surface area contributed by atoms with Crippen molar-refractivity contribution in [2.75, 3.05) is 19.7 Å². The van der Waals surface area contributed by atoms with Gasteiger partial charge in [-0.2, -0.15) is 13.2 Å². The number of rotatable bonds is 4. The molecule has 2 aromatic rings. The van der Waals surface area contributed by atoms with Crippen LogP contribution in [0.15, 0.2) is 12.1 Å². The van der Waals surface area contributed by atoms with Gasteiger partial charge in [-0.05, 0) is 37.5 Å². The first-order valence-electron chi connectivity index (χ1n) is 8.69. The average molecular weight is 400 g/mol. The van der Waals surface area contributed by atoms with E-state index in [4.69, 9.17) is 4.74 Å². The summed E-state index contributed by atoms with van der Waals surface area (Å²) in [5, 5.41) is 0.502. The number of aryl methyl sites for hydroxylation is 1. The Morgan fingerprint density at radius 1 is 1.30 bits per heavy atom. The number of carbonyl (C=O) groups is 2. The van der Waals surface area contributed by atoms with Gasteiger partial charge in [0.05, 0.1) is 6.54 Å². The number of hydrogen-bond acceptors (Lipinski definition) is 5. The van der Waals surface area contributed by atoms with Crippen LogP contribution in [-0.4, -0.2) is 41.5 Å². The fraction of sp³-hybridized carbons (Fsp3) is 0.500. The predicted molar refractivity (Wildman–Crippen MR) is 94.7 cm³/mol. The maximum atomic E-state index is 12.8. The second kappa shape index (κ2) is 7.84. The van der Waals surface area contributed by atoms with Crippen molar-refractivity contribution >= 4 is 33.4 Å². The van der Waals surface area contributed by atoms with Gasteiger partial charge in [0, 0.05) is 18.4 Å². The van der Waals surface area contributed by atoms with Gasteiger partial charge >= 0.3 is 12.1 Å². The van der Waals surface area contributed by atoms with Gasteiger partial charge < -0.3 is 9.64 Å². The number of hydrogen-bond donors (Lipinski definition) is 0. The van der Waals surface area contributed by atoms with Crippen LogP contribution in [0.4, 0.5) is 13.2 Å². The van der Waals surface area contributed by atoms with E-state index in [9.17, 15) is 22.8 Å². The number of thiophene rings is 1. The Hall–Kier alpha value is -2.16. The molecule has 146 valence electrons. The summed E-state index contributed by atoms with van der Waals surface area (Å²) in [5.74, 6) is -0.545. The molecule has 0 saturated carbocycles. The van der Waals surface area contributed by atoms with Gasteiger partial charge in [0.1, 0.15) is 22.0 Å².